The molecule has 140 valence electrons. The predicted molar refractivity (Wildman–Crippen MR) is 111 cm³/mol. The molecule has 0 saturated carbocycles. The lowest BCUT2D eigenvalue weighted by Gasteiger charge is -2.06. The van der Waals surface area contributed by atoms with E-state index in [1.807, 2.05) is 54.9 Å². The Balaban J connectivity index is 1.59. The fourth-order valence-corrected chi connectivity index (χ4v) is 3.58. The van der Waals surface area contributed by atoms with Crippen LogP contribution >= 0.6 is 35.0 Å². The number of carbonyl (C=O) groups excluding carboxylic acids is 1. The first-order valence-electron chi connectivity index (χ1n) is 8.24. The normalized spacial score (nSPS) is 10.8. The molecule has 2 aromatic carbocycles. The predicted octanol–water partition coefficient (Wildman–Crippen LogP) is 4.90. The van der Waals surface area contributed by atoms with Gasteiger partial charge >= 0.3 is 0 Å². The van der Waals surface area contributed by atoms with Crippen molar-refractivity contribution in [3.05, 3.63) is 69.5 Å². The van der Waals surface area contributed by atoms with E-state index < -0.39 is 0 Å². The van der Waals surface area contributed by atoms with E-state index in [2.05, 4.69) is 15.5 Å². The first kappa shape index (κ1) is 19.7. The molecule has 0 unspecified atom stereocenters. The van der Waals surface area contributed by atoms with Crippen molar-refractivity contribution in [1.29, 1.82) is 0 Å². The van der Waals surface area contributed by atoms with Gasteiger partial charge in [0.25, 0.3) is 0 Å². The summed E-state index contributed by atoms with van der Waals surface area (Å²) in [4.78, 5) is 12.3. The quantitative estimate of drug-likeness (QED) is 0.575. The third-order valence-corrected chi connectivity index (χ3v) is 5.76. The van der Waals surface area contributed by atoms with Crippen molar-refractivity contribution in [3.63, 3.8) is 0 Å². The summed E-state index contributed by atoms with van der Waals surface area (Å²) in [5.74, 6) is 1.16. The molecule has 0 spiro atoms. The van der Waals surface area contributed by atoms with E-state index in [4.69, 9.17) is 23.2 Å². The van der Waals surface area contributed by atoms with Gasteiger partial charge in [0.05, 0.1) is 16.5 Å². The first-order chi connectivity index (χ1) is 12.9. The maximum Gasteiger partial charge on any atom is 0.232 e. The number of rotatable bonds is 6. The molecule has 0 radical (unpaired) electrons. The van der Waals surface area contributed by atoms with E-state index in [1.54, 1.807) is 6.07 Å². The molecule has 0 atom stereocenters. The van der Waals surface area contributed by atoms with E-state index in [-0.39, 0.29) is 12.3 Å². The molecular formula is C19H18Cl2N4OS. The highest BCUT2D eigenvalue weighted by molar-refractivity contribution is 7.98. The highest BCUT2D eigenvalue weighted by Gasteiger charge is 2.13. The molecule has 27 heavy (non-hydrogen) atoms. The second-order valence-electron chi connectivity index (χ2n) is 6.09. The molecule has 0 fully saturated rings. The van der Waals surface area contributed by atoms with Gasteiger partial charge in [0.1, 0.15) is 5.82 Å². The monoisotopic (exact) mass is 420 g/mol. The number of carbonyl (C=O) groups is 1. The van der Waals surface area contributed by atoms with Gasteiger partial charge in [-0.2, -0.15) is 0 Å². The summed E-state index contributed by atoms with van der Waals surface area (Å²) in [6, 6.07) is 13.2. The lowest BCUT2D eigenvalue weighted by molar-refractivity contribution is -0.115. The number of halogens is 2. The van der Waals surface area contributed by atoms with Crippen LogP contribution < -0.4 is 5.32 Å². The van der Waals surface area contributed by atoms with Gasteiger partial charge in [0, 0.05) is 18.5 Å². The molecule has 1 aromatic heterocycles. The Bertz CT molecular complexity index is 957. The van der Waals surface area contributed by atoms with Gasteiger partial charge in [0.15, 0.2) is 5.16 Å². The number of amides is 1. The SMILES string of the molecule is Cc1ccc(NC(=O)Cc2nnc(SCc3ccc(Cl)c(Cl)c3)n2C)cc1. The number of hydrogen-bond donors (Lipinski definition) is 1. The van der Waals surface area contributed by atoms with Crippen molar-refractivity contribution in [2.75, 3.05) is 5.32 Å². The molecular weight excluding hydrogens is 403 g/mol. The highest BCUT2D eigenvalue weighted by Crippen LogP contribution is 2.27. The summed E-state index contributed by atoms with van der Waals surface area (Å²) < 4.78 is 1.83. The lowest BCUT2D eigenvalue weighted by Crippen LogP contribution is -2.17. The fraction of sp³-hybridized carbons (Fsp3) is 0.211. The number of anilines is 1. The number of benzene rings is 2. The van der Waals surface area contributed by atoms with Gasteiger partial charge in [0.2, 0.25) is 5.91 Å². The Kier molecular flexibility index (Phi) is 6.42. The molecule has 0 aliphatic heterocycles. The standard InChI is InChI=1S/C19H18Cl2N4OS/c1-12-3-6-14(7-4-12)22-18(26)10-17-23-24-19(25(17)2)27-11-13-5-8-15(20)16(21)9-13/h3-9H,10-11H2,1-2H3,(H,22,26). The van der Waals surface area contributed by atoms with Crippen molar-refractivity contribution >= 4 is 46.6 Å². The third-order valence-electron chi connectivity index (χ3n) is 3.93. The molecule has 5 nitrogen and oxygen atoms in total. The summed E-state index contributed by atoms with van der Waals surface area (Å²) >= 11 is 13.5. The van der Waals surface area contributed by atoms with E-state index in [0.717, 1.165) is 22.0 Å². The minimum absolute atomic E-state index is 0.129. The first-order valence-corrected chi connectivity index (χ1v) is 9.98. The Hall–Kier alpha value is -2.02. The molecule has 0 aliphatic rings. The summed E-state index contributed by atoms with van der Waals surface area (Å²) in [5.41, 5.74) is 2.95. The molecule has 1 heterocycles. The van der Waals surface area contributed by atoms with Crippen LogP contribution in [-0.4, -0.2) is 20.7 Å². The van der Waals surface area contributed by atoms with Crippen LogP contribution in [0.1, 0.15) is 17.0 Å². The summed E-state index contributed by atoms with van der Waals surface area (Å²) in [6.45, 7) is 2.00. The van der Waals surface area contributed by atoms with Crippen molar-refractivity contribution in [1.82, 2.24) is 14.8 Å². The number of aryl methyl sites for hydroxylation is 1. The average Bonchev–Trinajstić information content (AvgIpc) is 2.98. The molecule has 8 heteroatoms. The maximum absolute atomic E-state index is 12.3. The van der Waals surface area contributed by atoms with Crippen LogP contribution in [0.5, 0.6) is 0 Å². The van der Waals surface area contributed by atoms with E-state index in [9.17, 15) is 4.79 Å². The zero-order valence-corrected chi connectivity index (χ0v) is 17.2. The van der Waals surface area contributed by atoms with Gasteiger partial charge in [-0.3, -0.25) is 4.79 Å². The van der Waals surface area contributed by atoms with Crippen LogP contribution in [0.15, 0.2) is 47.6 Å². The Labute approximate surface area is 172 Å². The maximum atomic E-state index is 12.3. The van der Waals surface area contributed by atoms with E-state index >= 15 is 0 Å². The van der Waals surface area contributed by atoms with Crippen LogP contribution in [0, 0.1) is 6.92 Å². The largest absolute Gasteiger partial charge is 0.326 e. The second-order valence-corrected chi connectivity index (χ2v) is 7.84. The minimum atomic E-state index is -0.129. The van der Waals surface area contributed by atoms with Gasteiger partial charge in [-0.15, -0.1) is 10.2 Å². The highest BCUT2D eigenvalue weighted by atomic mass is 35.5. The summed E-state index contributed by atoms with van der Waals surface area (Å²) in [6.07, 6.45) is 0.157. The van der Waals surface area contributed by atoms with Gasteiger partial charge in [-0.25, -0.2) is 0 Å². The third kappa shape index (κ3) is 5.25. The van der Waals surface area contributed by atoms with E-state index in [0.29, 0.717) is 21.6 Å². The molecule has 0 aliphatic carbocycles. The Morgan fingerprint density at radius 2 is 1.85 bits per heavy atom. The number of nitrogens with one attached hydrogen (secondary N) is 1. The zero-order chi connectivity index (χ0) is 19.4. The molecule has 1 N–H and O–H groups in total. The minimum Gasteiger partial charge on any atom is -0.326 e. The number of nitrogens with zero attached hydrogens (tertiary/aromatic N) is 3. The Morgan fingerprint density at radius 3 is 2.56 bits per heavy atom. The average molecular weight is 421 g/mol. The van der Waals surface area contributed by atoms with Crippen molar-refractivity contribution in [2.45, 2.75) is 24.3 Å². The molecule has 3 rings (SSSR count). The second kappa shape index (κ2) is 8.78. The number of aromatic nitrogens is 3. The van der Waals surface area contributed by atoms with E-state index in [1.165, 1.54) is 11.8 Å². The Morgan fingerprint density at radius 1 is 1.11 bits per heavy atom. The molecule has 0 saturated heterocycles. The summed E-state index contributed by atoms with van der Waals surface area (Å²) in [7, 11) is 1.85. The van der Waals surface area contributed by atoms with Crippen LogP contribution in [0.25, 0.3) is 0 Å². The van der Waals surface area contributed by atoms with Gasteiger partial charge in [-0.1, -0.05) is 58.7 Å². The zero-order valence-electron chi connectivity index (χ0n) is 14.9. The van der Waals surface area contributed by atoms with Crippen molar-refractivity contribution in [2.24, 2.45) is 7.05 Å². The molecule has 3 aromatic rings. The van der Waals surface area contributed by atoms with Crippen molar-refractivity contribution < 1.29 is 4.79 Å². The van der Waals surface area contributed by atoms with Gasteiger partial charge < -0.3 is 9.88 Å². The topological polar surface area (TPSA) is 59.8 Å². The van der Waals surface area contributed by atoms with Crippen molar-refractivity contribution in [3.8, 4) is 0 Å². The number of hydrogen-bond acceptors (Lipinski definition) is 4. The molecule has 0 bridgehead atoms. The van der Waals surface area contributed by atoms with Crippen LogP contribution in [0.4, 0.5) is 5.69 Å². The molecule has 1 amide bonds. The smallest absolute Gasteiger partial charge is 0.232 e. The van der Waals surface area contributed by atoms with Crippen LogP contribution in [0.3, 0.4) is 0 Å². The number of thioether (sulfide) groups is 1. The lowest BCUT2D eigenvalue weighted by atomic mass is 10.2. The summed E-state index contributed by atoms with van der Waals surface area (Å²) in [5, 5.41) is 13.0. The van der Waals surface area contributed by atoms with Crippen LogP contribution in [-0.2, 0) is 24.0 Å². The fourth-order valence-electron chi connectivity index (χ4n) is 2.39. The van der Waals surface area contributed by atoms with Gasteiger partial charge in [-0.05, 0) is 36.8 Å². The van der Waals surface area contributed by atoms with Crippen LogP contribution in [0.2, 0.25) is 10.0 Å².